The van der Waals surface area contributed by atoms with E-state index in [4.69, 9.17) is 9.47 Å². The van der Waals surface area contributed by atoms with Crippen LogP contribution >= 0.6 is 0 Å². The molecule has 2 aromatic carbocycles. The van der Waals surface area contributed by atoms with Gasteiger partial charge in [-0.15, -0.1) is 0 Å². The molecule has 5 heteroatoms. The van der Waals surface area contributed by atoms with E-state index in [1.165, 1.54) is 0 Å². The van der Waals surface area contributed by atoms with Gasteiger partial charge in [-0.05, 0) is 29.7 Å². The third kappa shape index (κ3) is 3.68. The zero-order valence-corrected chi connectivity index (χ0v) is 13.6. The maximum Gasteiger partial charge on any atom is 0.410 e. The highest BCUT2D eigenvalue weighted by Gasteiger charge is 2.36. The molecule has 126 valence electrons. The number of benzene rings is 2. The van der Waals surface area contributed by atoms with Crippen LogP contribution in [0.3, 0.4) is 0 Å². The van der Waals surface area contributed by atoms with E-state index in [0.29, 0.717) is 6.42 Å². The number of carbonyl (C=O) groups is 1. The molecule has 1 N–H and O–H groups in total. The molecule has 0 radical (unpaired) electrons. The summed E-state index contributed by atoms with van der Waals surface area (Å²) < 4.78 is 10.7. The van der Waals surface area contributed by atoms with Crippen molar-refractivity contribution in [1.29, 1.82) is 0 Å². The van der Waals surface area contributed by atoms with Crippen LogP contribution in [0.5, 0.6) is 5.75 Å². The number of ether oxygens (including phenoxy) is 2. The highest BCUT2D eigenvalue weighted by atomic mass is 16.6. The molecule has 1 amide bonds. The molecule has 0 bridgehead atoms. The highest BCUT2D eigenvalue weighted by molar-refractivity contribution is 5.69. The lowest BCUT2D eigenvalue weighted by atomic mass is 10.0. The Kier molecular flexibility index (Phi) is 5.01. The van der Waals surface area contributed by atoms with Crippen molar-refractivity contribution in [1.82, 2.24) is 4.90 Å². The van der Waals surface area contributed by atoms with Crippen molar-refractivity contribution in [2.24, 2.45) is 0 Å². The van der Waals surface area contributed by atoms with Crippen molar-refractivity contribution >= 4 is 6.09 Å². The number of rotatable bonds is 4. The normalized spacial score (nSPS) is 20.0. The fourth-order valence-corrected chi connectivity index (χ4v) is 2.98. The second-order valence-corrected chi connectivity index (χ2v) is 5.87. The summed E-state index contributed by atoms with van der Waals surface area (Å²) in [6.07, 6.45) is -0.471. The van der Waals surface area contributed by atoms with Gasteiger partial charge in [0.1, 0.15) is 12.4 Å². The second kappa shape index (κ2) is 7.36. The van der Waals surface area contributed by atoms with Crippen LogP contribution in [0.4, 0.5) is 4.79 Å². The molecule has 0 aliphatic carbocycles. The Labute approximate surface area is 141 Å². The summed E-state index contributed by atoms with van der Waals surface area (Å²) in [7, 11) is 1.61. The Morgan fingerprint density at radius 2 is 2.00 bits per heavy atom. The molecule has 5 nitrogen and oxygen atoms in total. The highest BCUT2D eigenvalue weighted by Crippen LogP contribution is 2.34. The molecular weight excluding hydrogens is 306 g/mol. The fraction of sp³-hybridized carbons (Fsp3) is 0.316. The molecule has 2 aromatic rings. The number of likely N-dealkylation sites (tertiary alicyclic amines) is 1. The van der Waals surface area contributed by atoms with Gasteiger partial charge in [-0.25, -0.2) is 4.79 Å². The van der Waals surface area contributed by atoms with Crippen LogP contribution in [0.1, 0.15) is 23.6 Å². The van der Waals surface area contributed by atoms with Crippen LogP contribution < -0.4 is 4.74 Å². The molecule has 0 spiro atoms. The summed E-state index contributed by atoms with van der Waals surface area (Å²) in [4.78, 5) is 14.0. The van der Waals surface area contributed by atoms with E-state index in [9.17, 15) is 9.90 Å². The molecule has 0 aromatic heterocycles. The molecule has 24 heavy (non-hydrogen) atoms. The minimum absolute atomic E-state index is 0.210. The quantitative estimate of drug-likeness (QED) is 0.937. The van der Waals surface area contributed by atoms with Gasteiger partial charge < -0.3 is 14.6 Å². The standard InChI is InChI=1S/C19H21NO4/c1-23-17-9-5-8-15(10-17)18-11-16(21)12-20(18)19(22)24-13-14-6-3-2-4-7-14/h2-10,16,18,21H,11-13H2,1H3. The van der Waals surface area contributed by atoms with Gasteiger partial charge in [0.25, 0.3) is 0 Å². The SMILES string of the molecule is COc1cccc(C2CC(O)CN2C(=O)OCc2ccccc2)c1. The number of aliphatic hydroxyl groups excluding tert-OH is 1. The second-order valence-electron chi connectivity index (χ2n) is 5.87. The number of amides is 1. The number of nitrogens with zero attached hydrogens (tertiary/aromatic N) is 1. The molecule has 1 heterocycles. The van der Waals surface area contributed by atoms with Gasteiger partial charge in [-0.3, -0.25) is 4.90 Å². The van der Waals surface area contributed by atoms with E-state index in [2.05, 4.69) is 0 Å². The van der Waals surface area contributed by atoms with E-state index in [1.54, 1.807) is 12.0 Å². The van der Waals surface area contributed by atoms with Gasteiger partial charge in [0.15, 0.2) is 0 Å². The number of methoxy groups -OCH3 is 1. The molecule has 1 fully saturated rings. The number of hydrogen-bond acceptors (Lipinski definition) is 4. The Morgan fingerprint density at radius 3 is 2.75 bits per heavy atom. The lowest BCUT2D eigenvalue weighted by molar-refractivity contribution is 0.0876. The largest absolute Gasteiger partial charge is 0.497 e. The van der Waals surface area contributed by atoms with Crippen molar-refractivity contribution in [3.63, 3.8) is 0 Å². The smallest absolute Gasteiger partial charge is 0.410 e. The summed E-state index contributed by atoms with van der Waals surface area (Å²) in [5, 5.41) is 10.0. The van der Waals surface area contributed by atoms with Gasteiger partial charge in [-0.1, -0.05) is 42.5 Å². The number of β-amino-alcohol motifs (C(OH)–C–C–N with tert-alkyl or cyclic N) is 1. The molecule has 1 aliphatic rings. The van der Waals surface area contributed by atoms with Crippen LogP contribution in [-0.2, 0) is 11.3 Å². The van der Waals surface area contributed by atoms with Gasteiger partial charge >= 0.3 is 6.09 Å². The molecule has 1 aliphatic heterocycles. The first-order valence-electron chi connectivity index (χ1n) is 7.96. The number of aliphatic hydroxyl groups is 1. The first-order valence-corrected chi connectivity index (χ1v) is 7.96. The van der Waals surface area contributed by atoms with Crippen LogP contribution in [0.2, 0.25) is 0 Å². The van der Waals surface area contributed by atoms with Gasteiger partial charge in [0.2, 0.25) is 0 Å². The van der Waals surface area contributed by atoms with Crippen LogP contribution in [0.15, 0.2) is 54.6 Å². The molecular formula is C19H21NO4. The first kappa shape index (κ1) is 16.3. The Morgan fingerprint density at radius 1 is 1.21 bits per heavy atom. The van der Waals surface area contributed by atoms with E-state index in [-0.39, 0.29) is 19.2 Å². The molecule has 3 rings (SSSR count). The van der Waals surface area contributed by atoms with Crippen LogP contribution in [0, 0.1) is 0 Å². The maximum absolute atomic E-state index is 12.5. The molecule has 2 atom stereocenters. The molecule has 0 saturated carbocycles. The van der Waals surface area contributed by atoms with Gasteiger partial charge in [0, 0.05) is 0 Å². The Bertz CT molecular complexity index is 689. The number of carbonyl (C=O) groups excluding carboxylic acids is 1. The molecule has 2 unspecified atom stereocenters. The van der Waals surface area contributed by atoms with Crippen LogP contribution in [-0.4, -0.2) is 35.9 Å². The van der Waals surface area contributed by atoms with Crippen molar-refractivity contribution in [3.8, 4) is 5.75 Å². The lowest BCUT2D eigenvalue weighted by Crippen LogP contribution is -2.32. The predicted octanol–water partition coefficient (Wildman–Crippen LogP) is 3.14. The van der Waals surface area contributed by atoms with Gasteiger partial charge in [0.05, 0.1) is 25.8 Å². The zero-order valence-electron chi connectivity index (χ0n) is 13.6. The Balaban J connectivity index is 1.71. The van der Waals surface area contributed by atoms with E-state index in [0.717, 1.165) is 16.9 Å². The van der Waals surface area contributed by atoms with E-state index in [1.807, 2.05) is 54.6 Å². The van der Waals surface area contributed by atoms with Crippen molar-refractivity contribution < 1.29 is 19.4 Å². The minimum atomic E-state index is -0.550. The van der Waals surface area contributed by atoms with E-state index >= 15 is 0 Å². The minimum Gasteiger partial charge on any atom is -0.497 e. The summed E-state index contributed by atoms with van der Waals surface area (Å²) in [6, 6.07) is 16.9. The summed E-state index contributed by atoms with van der Waals surface area (Å²) in [5.41, 5.74) is 1.87. The summed E-state index contributed by atoms with van der Waals surface area (Å²) >= 11 is 0. The maximum atomic E-state index is 12.5. The van der Waals surface area contributed by atoms with Crippen molar-refractivity contribution in [2.45, 2.75) is 25.2 Å². The fourth-order valence-electron chi connectivity index (χ4n) is 2.98. The third-order valence-corrected chi connectivity index (χ3v) is 4.20. The topological polar surface area (TPSA) is 59.0 Å². The van der Waals surface area contributed by atoms with Crippen LogP contribution in [0.25, 0.3) is 0 Å². The van der Waals surface area contributed by atoms with Crippen molar-refractivity contribution in [3.05, 3.63) is 65.7 Å². The zero-order chi connectivity index (χ0) is 16.9. The third-order valence-electron chi connectivity index (χ3n) is 4.20. The van der Waals surface area contributed by atoms with E-state index < -0.39 is 12.2 Å². The first-order chi connectivity index (χ1) is 11.7. The monoisotopic (exact) mass is 327 g/mol. The number of hydrogen-bond donors (Lipinski definition) is 1. The average molecular weight is 327 g/mol. The average Bonchev–Trinajstić information content (AvgIpc) is 3.02. The van der Waals surface area contributed by atoms with Crippen molar-refractivity contribution in [2.75, 3.05) is 13.7 Å². The Hall–Kier alpha value is -2.53. The lowest BCUT2D eigenvalue weighted by Gasteiger charge is -2.24. The molecule has 1 saturated heterocycles. The summed E-state index contributed by atoms with van der Waals surface area (Å²) in [5.74, 6) is 0.728. The van der Waals surface area contributed by atoms with Gasteiger partial charge in [-0.2, -0.15) is 0 Å². The predicted molar refractivity (Wildman–Crippen MR) is 89.7 cm³/mol. The summed E-state index contributed by atoms with van der Waals surface area (Å²) in [6.45, 7) is 0.493.